The molecule has 2 N–H and O–H groups in total. The zero-order valence-corrected chi connectivity index (χ0v) is 8.84. The van der Waals surface area contributed by atoms with Gasteiger partial charge in [-0.2, -0.15) is 0 Å². The molecule has 2 heterocycles. The van der Waals surface area contributed by atoms with Gasteiger partial charge in [0.25, 0.3) is 0 Å². The molecule has 3 heteroatoms. The maximum Gasteiger partial charge on any atom is 0.126 e. The highest BCUT2D eigenvalue weighted by Crippen LogP contribution is 2.18. The van der Waals surface area contributed by atoms with Crippen LogP contribution in [0.5, 0.6) is 0 Å². The molecule has 0 aliphatic rings. The van der Waals surface area contributed by atoms with E-state index in [0.29, 0.717) is 5.82 Å². The van der Waals surface area contributed by atoms with Crippen LogP contribution in [0.4, 0.5) is 5.82 Å². The van der Waals surface area contributed by atoms with Crippen molar-refractivity contribution in [2.45, 2.75) is 13.3 Å². The van der Waals surface area contributed by atoms with Gasteiger partial charge in [-0.05, 0) is 29.5 Å². The number of anilines is 1. The summed E-state index contributed by atoms with van der Waals surface area (Å²) in [7, 11) is 0. The third-order valence-corrected chi connectivity index (χ3v) is 2.96. The molecule has 0 saturated heterocycles. The molecule has 72 valence electrons. The molecule has 2 nitrogen and oxygen atoms in total. The molecule has 2 aromatic heterocycles. The minimum absolute atomic E-state index is 0.643. The van der Waals surface area contributed by atoms with Crippen molar-refractivity contribution in [3.8, 4) is 0 Å². The van der Waals surface area contributed by atoms with E-state index in [0.717, 1.165) is 17.5 Å². The van der Waals surface area contributed by atoms with E-state index in [9.17, 15) is 0 Å². The highest BCUT2D eigenvalue weighted by Gasteiger charge is 2.02. The smallest absolute Gasteiger partial charge is 0.126 e. The van der Waals surface area contributed by atoms with Crippen molar-refractivity contribution in [2.24, 2.45) is 0 Å². The van der Waals surface area contributed by atoms with E-state index < -0.39 is 0 Å². The molecule has 2 aromatic rings. The standard InChI is InChI=1S/C11H12N2S/c1-8-5-9(11(12)13-7-8)6-10-3-2-4-14-10/h2-5,7H,6H2,1H3,(H2,12,13). The minimum Gasteiger partial charge on any atom is -0.383 e. The van der Waals surface area contributed by atoms with Gasteiger partial charge in [-0.3, -0.25) is 0 Å². The van der Waals surface area contributed by atoms with Gasteiger partial charge in [0.1, 0.15) is 5.82 Å². The molecule has 0 amide bonds. The van der Waals surface area contributed by atoms with Crippen LogP contribution >= 0.6 is 11.3 Å². The first kappa shape index (κ1) is 9.21. The highest BCUT2D eigenvalue weighted by molar-refractivity contribution is 7.09. The fourth-order valence-electron chi connectivity index (χ4n) is 1.38. The lowest BCUT2D eigenvalue weighted by atomic mass is 10.1. The number of nitrogen functional groups attached to an aromatic ring is 1. The van der Waals surface area contributed by atoms with Crippen LogP contribution < -0.4 is 5.73 Å². The summed E-state index contributed by atoms with van der Waals surface area (Å²) in [5.74, 6) is 0.643. The lowest BCUT2D eigenvalue weighted by Gasteiger charge is -2.03. The van der Waals surface area contributed by atoms with Crippen molar-refractivity contribution in [2.75, 3.05) is 5.73 Å². The Hall–Kier alpha value is -1.35. The number of thiophene rings is 1. The number of nitrogens with zero attached hydrogens (tertiary/aromatic N) is 1. The second-order valence-electron chi connectivity index (χ2n) is 3.31. The number of hydrogen-bond acceptors (Lipinski definition) is 3. The Labute approximate surface area is 87.4 Å². The number of aryl methyl sites for hydroxylation is 1. The van der Waals surface area contributed by atoms with E-state index in [-0.39, 0.29) is 0 Å². The maximum atomic E-state index is 5.80. The molecule has 0 radical (unpaired) electrons. The van der Waals surface area contributed by atoms with Crippen LogP contribution in [-0.4, -0.2) is 4.98 Å². The van der Waals surface area contributed by atoms with Gasteiger partial charge in [0, 0.05) is 17.5 Å². The number of rotatable bonds is 2. The van der Waals surface area contributed by atoms with Gasteiger partial charge in [0.15, 0.2) is 0 Å². The van der Waals surface area contributed by atoms with E-state index in [1.807, 2.05) is 6.92 Å². The Balaban J connectivity index is 2.28. The average molecular weight is 204 g/mol. The first-order valence-electron chi connectivity index (χ1n) is 4.49. The molecular formula is C11H12N2S. The molecule has 0 bridgehead atoms. The molecule has 14 heavy (non-hydrogen) atoms. The normalized spacial score (nSPS) is 10.4. The zero-order chi connectivity index (χ0) is 9.97. The summed E-state index contributed by atoms with van der Waals surface area (Å²) in [6.07, 6.45) is 2.69. The van der Waals surface area contributed by atoms with Gasteiger partial charge >= 0.3 is 0 Å². The van der Waals surface area contributed by atoms with Crippen LogP contribution in [0.25, 0.3) is 0 Å². The molecule has 0 aromatic carbocycles. The van der Waals surface area contributed by atoms with Gasteiger partial charge in [-0.15, -0.1) is 11.3 Å². The molecular weight excluding hydrogens is 192 g/mol. The van der Waals surface area contributed by atoms with Crippen LogP contribution in [0.3, 0.4) is 0 Å². The van der Waals surface area contributed by atoms with Crippen molar-refractivity contribution in [3.63, 3.8) is 0 Å². The van der Waals surface area contributed by atoms with Crippen LogP contribution in [0.2, 0.25) is 0 Å². The summed E-state index contributed by atoms with van der Waals surface area (Å²) in [5, 5.41) is 2.08. The predicted molar refractivity (Wildman–Crippen MR) is 60.5 cm³/mol. The Kier molecular flexibility index (Phi) is 2.50. The van der Waals surface area contributed by atoms with E-state index in [2.05, 4.69) is 28.6 Å². The maximum absolute atomic E-state index is 5.80. The lowest BCUT2D eigenvalue weighted by Crippen LogP contribution is -1.98. The van der Waals surface area contributed by atoms with Gasteiger partial charge < -0.3 is 5.73 Å². The van der Waals surface area contributed by atoms with E-state index in [1.54, 1.807) is 17.5 Å². The summed E-state index contributed by atoms with van der Waals surface area (Å²) in [4.78, 5) is 5.46. The first-order valence-corrected chi connectivity index (χ1v) is 5.37. The fourth-order valence-corrected chi connectivity index (χ4v) is 2.11. The van der Waals surface area contributed by atoms with E-state index >= 15 is 0 Å². The summed E-state index contributed by atoms with van der Waals surface area (Å²) in [6, 6.07) is 6.27. The monoisotopic (exact) mass is 204 g/mol. The molecule has 0 fully saturated rings. The molecule has 0 aliphatic carbocycles. The summed E-state index contributed by atoms with van der Waals surface area (Å²) in [6.45, 7) is 2.03. The third kappa shape index (κ3) is 1.93. The molecule has 0 aliphatic heterocycles. The zero-order valence-electron chi connectivity index (χ0n) is 8.03. The summed E-state index contributed by atoms with van der Waals surface area (Å²) >= 11 is 1.75. The van der Waals surface area contributed by atoms with Crippen molar-refractivity contribution >= 4 is 17.2 Å². The molecule has 0 atom stereocenters. The van der Waals surface area contributed by atoms with Gasteiger partial charge in [0.2, 0.25) is 0 Å². The largest absolute Gasteiger partial charge is 0.383 e. The van der Waals surface area contributed by atoms with E-state index in [4.69, 9.17) is 5.73 Å². The van der Waals surface area contributed by atoms with Crippen LogP contribution in [-0.2, 0) is 6.42 Å². The van der Waals surface area contributed by atoms with E-state index in [1.165, 1.54) is 4.88 Å². The quantitative estimate of drug-likeness (QED) is 0.816. The van der Waals surface area contributed by atoms with Crippen LogP contribution in [0.1, 0.15) is 16.0 Å². The van der Waals surface area contributed by atoms with Crippen molar-refractivity contribution in [3.05, 3.63) is 45.8 Å². The van der Waals surface area contributed by atoms with Gasteiger partial charge in [-0.1, -0.05) is 12.1 Å². The number of hydrogen-bond donors (Lipinski definition) is 1. The fraction of sp³-hybridized carbons (Fsp3) is 0.182. The topological polar surface area (TPSA) is 38.9 Å². The summed E-state index contributed by atoms with van der Waals surface area (Å²) in [5.41, 5.74) is 8.08. The Bertz CT molecular complexity index is 421. The summed E-state index contributed by atoms with van der Waals surface area (Å²) < 4.78 is 0. The number of nitrogens with two attached hydrogens (primary N) is 1. The lowest BCUT2D eigenvalue weighted by molar-refractivity contribution is 1.16. The average Bonchev–Trinajstić information content (AvgIpc) is 2.64. The Morgan fingerprint density at radius 3 is 3.07 bits per heavy atom. The third-order valence-electron chi connectivity index (χ3n) is 2.08. The van der Waals surface area contributed by atoms with Crippen LogP contribution in [0.15, 0.2) is 29.8 Å². The first-order chi connectivity index (χ1) is 6.75. The number of pyridine rings is 1. The Morgan fingerprint density at radius 2 is 2.36 bits per heavy atom. The van der Waals surface area contributed by atoms with Crippen molar-refractivity contribution < 1.29 is 0 Å². The highest BCUT2D eigenvalue weighted by atomic mass is 32.1. The van der Waals surface area contributed by atoms with Crippen LogP contribution in [0, 0.1) is 6.92 Å². The number of aromatic nitrogens is 1. The Morgan fingerprint density at radius 1 is 1.50 bits per heavy atom. The molecule has 0 unspecified atom stereocenters. The SMILES string of the molecule is Cc1cnc(N)c(Cc2cccs2)c1. The van der Waals surface area contributed by atoms with Gasteiger partial charge in [0.05, 0.1) is 0 Å². The van der Waals surface area contributed by atoms with Crippen molar-refractivity contribution in [1.82, 2.24) is 4.98 Å². The molecule has 2 rings (SSSR count). The van der Waals surface area contributed by atoms with Crippen molar-refractivity contribution in [1.29, 1.82) is 0 Å². The second kappa shape index (κ2) is 3.80. The second-order valence-corrected chi connectivity index (χ2v) is 4.35. The molecule has 0 spiro atoms. The predicted octanol–water partition coefficient (Wildman–Crippen LogP) is 2.62. The van der Waals surface area contributed by atoms with Gasteiger partial charge in [-0.25, -0.2) is 4.98 Å². The molecule has 0 saturated carbocycles. The minimum atomic E-state index is 0.643.